The summed E-state index contributed by atoms with van der Waals surface area (Å²) in [5.41, 5.74) is 0.455. The van der Waals surface area contributed by atoms with Crippen LogP contribution in [-0.2, 0) is 11.3 Å². The maximum Gasteiger partial charge on any atom is 0.321 e. The molecule has 3 heterocycles. The Morgan fingerprint density at radius 1 is 1.03 bits per heavy atom. The lowest BCUT2D eigenvalue weighted by Gasteiger charge is -2.26. The molecule has 1 saturated heterocycles. The Bertz CT molecular complexity index is 1400. The second-order valence-electron chi connectivity index (χ2n) is 7.92. The van der Waals surface area contributed by atoms with Crippen molar-refractivity contribution in [2.75, 3.05) is 31.6 Å². The van der Waals surface area contributed by atoms with E-state index in [2.05, 4.69) is 30.9 Å². The van der Waals surface area contributed by atoms with E-state index in [-0.39, 0.29) is 23.0 Å². The van der Waals surface area contributed by atoms with E-state index in [1.54, 1.807) is 29.2 Å². The molecule has 4 aromatic rings. The lowest BCUT2D eigenvalue weighted by molar-refractivity contribution is 0.0564. The molecule has 1 fully saturated rings. The van der Waals surface area contributed by atoms with Gasteiger partial charge in [0, 0.05) is 35.5 Å². The summed E-state index contributed by atoms with van der Waals surface area (Å²) in [4.78, 5) is 15.1. The van der Waals surface area contributed by atoms with Crippen LogP contribution in [0.3, 0.4) is 0 Å². The first kappa shape index (κ1) is 24.3. The number of carbonyl (C=O) groups is 1. The van der Waals surface area contributed by atoms with Crippen LogP contribution in [0.1, 0.15) is 17.9 Å². The molecule has 5 rings (SSSR count). The van der Waals surface area contributed by atoms with Gasteiger partial charge in [0.15, 0.2) is 0 Å². The molecule has 0 saturated carbocycles. The number of alkyl halides is 2. The van der Waals surface area contributed by atoms with Gasteiger partial charge in [-0.05, 0) is 29.5 Å². The van der Waals surface area contributed by atoms with E-state index in [1.165, 1.54) is 0 Å². The van der Waals surface area contributed by atoms with Gasteiger partial charge in [-0.2, -0.15) is 13.6 Å². The number of halogens is 4. The van der Waals surface area contributed by atoms with Gasteiger partial charge in [0.05, 0.1) is 19.8 Å². The van der Waals surface area contributed by atoms with Crippen molar-refractivity contribution >= 4 is 11.7 Å². The van der Waals surface area contributed by atoms with E-state index in [9.17, 15) is 22.4 Å². The molecule has 37 heavy (non-hydrogen) atoms. The maximum absolute atomic E-state index is 14.7. The quantitative estimate of drug-likeness (QED) is 0.385. The highest BCUT2D eigenvalue weighted by Gasteiger charge is 2.21. The summed E-state index contributed by atoms with van der Waals surface area (Å²) < 4.78 is 64.7. The van der Waals surface area contributed by atoms with Crippen LogP contribution in [0, 0.1) is 11.6 Å². The molecule has 2 aromatic heterocycles. The number of hydrogen-bond acceptors (Lipinski definition) is 8. The lowest BCUT2D eigenvalue weighted by atomic mass is 10.1. The second-order valence-corrected chi connectivity index (χ2v) is 7.92. The van der Waals surface area contributed by atoms with Crippen LogP contribution in [0.4, 0.5) is 28.0 Å². The van der Waals surface area contributed by atoms with Crippen molar-refractivity contribution in [2.45, 2.75) is 13.0 Å². The number of nitrogens with one attached hydrogen (secondary N) is 1. The number of ether oxygens (including phenoxy) is 1. The fourth-order valence-corrected chi connectivity index (χ4v) is 3.59. The van der Waals surface area contributed by atoms with E-state index in [0.29, 0.717) is 37.6 Å². The Labute approximate surface area is 206 Å². The number of nitrogens with zero attached hydrogens (tertiary/aromatic N) is 7. The van der Waals surface area contributed by atoms with E-state index in [1.807, 2.05) is 0 Å². The van der Waals surface area contributed by atoms with Crippen LogP contribution in [0.5, 0.6) is 0 Å². The first-order chi connectivity index (χ1) is 17.9. The van der Waals surface area contributed by atoms with Gasteiger partial charge >= 0.3 is 12.5 Å². The van der Waals surface area contributed by atoms with Crippen LogP contribution in [0.25, 0.3) is 22.8 Å². The van der Waals surface area contributed by atoms with Crippen molar-refractivity contribution in [1.29, 1.82) is 0 Å². The molecule has 0 radical (unpaired) electrons. The van der Waals surface area contributed by atoms with Crippen molar-refractivity contribution in [3.05, 3.63) is 59.5 Å². The Morgan fingerprint density at radius 2 is 1.78 bits per heavy atom. The number of amides is 2. The van der Waals surface area contributed by atoms with Crippen molar-refractivity contribution in [3.63, 3.8) is 0 Å². The van der Waals surface area contributed by atoms with Gasteiger partial charge in [0.1, 0.15) is 11.6 Å². The third-order valence-electron chi connectivity index (χ3n) is 5.44. The SMILES string of the molecule is O=C(Nc1cccc(-c2nnn(Cc3c(F)cc(-c4nnc(C(F)F)o4)cc3F)n2)c1)N1CCOCC1. The zero-order valence-corrected chi connectivity index (χ0v) is 18.9. The highest BCUT2D eigenvalue weighted by atomic mass is 19.3. The van der Waals surface area contributed by atoms with Crippen LogP contribution in [0.2, 0.25) is 0 Å². The number of aromatic nitrogens is 6. The topological polar surface area (TPSA) is 124 Å². The summed E-state index contributed by atoms with van der Waals surface area (Å²) >= 11 is 0. The lowest BCUT2D eigenvalue weighted by Crippen LogP contribution is -2.43. The standard InChI is InChI=1S/C22H18F4N8O3/c23-16-9-13(20-29-30-21(37-20)18(25)26)10-17(24)15(16)11-34-31-19(28-32-34)12-2-1-3-14(8-12)27-22(35)33-4-6-36-7-5-33/h1-3,8-10,18H,4-7,11H2,(H,27,35). The summed E-state index contributed by atoms with van der Waals surface area (Å²) in [5, 5.41) is 21.3. The summed E-state index contributed by atoms with van der Waals surface area (Å²) in [6.45, 7) is 1.52. The second kappa shape index (κ2) is 10.3. The number of anilines is 1. The highest BCUT2D eigenvalue weighted by Crippen LogP contribution is 2.27. The fourth-order valence-electron chi connectivity index (χ4n) is 3.59. The zero-order chi connectivity index (χ0) is 25.9. The van der Waals surface area contributed by atoms with Crippen LogP contribution in [-0.4, -0.2) is 67.6 Å². The molecule has 0 bridgehead atoms. The first-order valence-electron chi connectivity index (χ1n) is 11.0. The maximum atomic E-state index is 14.7. The number of urea groups is 1. The predicted octanol–water partition coefficient (Wildman–Crippen LogP) is 3.52. The summed E-state index contributed by atoms with van der Waals surface area (Å²) in [7, 11) is 0. The predicted molar refractivity (Wildman–Crippen MR) is 118 cm³/mol. The van der Waals surface area contributed by atoms with Gasteiger partial charge in [-0.15, -0.1) is 20.4 Å². The number of rotatable bonds is 6. The van der Waals surface area contributed by atoms with Gasteiger partial charge < -0.3 is 19.4 Å². The van der Waals surface area contributed by atoms with E-state index in [0.717, 1.165) is 16.9 Å². The minimum Gasteiger partial charge on any atom is -0.415 e. The van der Waals surface area contributed by atoms with E-state index >= 15 is 0 Å². The molecule has 1 aliphatic rings. The molecule has 11 nitrogen and oxygen atoms in total. The molecule has 2 amide bonds. The molecule has 1 N–H and O–H groups in total. The summed E-state index contributed by atoms with van der Waals surface area (Å²) in [6, 6.07) is 8.25. The molecule has 1 aliphatic heterocycles. The highest BCUT2D eigenvalue weighted by molar-refractivity contribution is 5.90. The Hall–Kier alpha value is -4.40. The van der Waals surface area contributed by atoms with Crippen molar-refractivity contribution in [2.24, 2.45) is 0 Å². The van der Waals surface area contributed by atoms with Crippen LogP contribution in [0.15, 0.2) is 40.8 Å². The molecule has 0 unspecified atom stereocenters. The normalized spacial score (nSPS) is 13.8. The Kier molecular flexibility index (Phi) is 6.76. The van der Waals surface area contributed by atoms with Crippen molar-refractivity contribution < 1.29 is 31.5 Å². The number of morpholine rings is 1. The van der Waals surface area contributed by atoms with E-state index < -0.39 is 36.4 Å². The number of carbonyl (C=O) groups excluding carboxylic acids is 1. The zero-order valence-electron chi connectivity index (χ0n) is 18.9. The monoisotopic (exact) mass is 518 g/mol. The van der Waals surface area contributed by atoms with Gasteiger partial charge in [0.25, 0.3) is 5.89 Å². The van der Waals surface area contributed by atoms with Gasteiger partial charge in [-0.3, -0.25) is 0 Å². The molecule has 0 aliphatic carbocycles. The van der Waals surface area contributed by atoms with E-state index in [4.69, 9.17) is 9.15 Å². The third-order valence-corrected chi connectivity index (χ3v) is 5.44. The largest absolute Gasteiger partial charge is 0.415 e. The average Bonchev–Trinajstić information content (AvgIpc) is 3.57. The minimum absolute atomic E-state index is 0.172. The van der Waals surface area contributed by atoms with Crippen molar-refractivity contribution in [1.82, 2.24) is 35.3 Å². The molecule has 192 valence electrons. The molecular weight excluding hydrogens is 500 g/mol. The first-order valence-corrected chi connectivity index (χ1v) is 11.0. The molecule has 15 heteroatoms. The smallest absolute Gasteiger partial charge is 0.321 e. The van der Waals surface area contributed by atoms with Crippen molar-refractivity contribution in [3.8, 4) is 22.8 Å². The number of benzene rings is 2. The summed E-state index contributed by atoms with van der Waals surface area (Å²) in [6.07, 6.45) is -3.01. The molecule has 0 spiro atoms. The van der Waals surface area contributed by atoms with Gasteiger partial charge in [-0.1, -0.05) is 12.1 Å². The van der Waals surface area contributed by atoms with Gasteiger partial charge in [0.2, 0.25) is 11.7 Å². The third kappa shape index (κ3) is 5.40. The van der Waals surface area contributed by atoms with Crippen LogP contribution >= 0.6 is 0 Å². The minimum atomic E-state index is -3.01. The molecule has 0 atom stereocenters. The molecular formula is C22H18F4N8O3. The van der Waals surface area contributed by atoms with Crippen LogP contribution < -0.4 is 5.32 Å². The van der Waals surface area contributed by atoms with Gasteiger partial charge in [-0.25, -0.2) is 13.6 Å². The number of tetrazole rings is 1. The average molecular weight is 518 g/mol. The fraction of sp³-hybridized carbons (Fsp3) is 0.273. The number of hydrogen-bond donors (Lipinski definition) is 1. The molecule has 2 aromatic carbocycles. The Balaban J connectivity index is 1.30. The summed E-state index contributed by atoms with van der Waals surface area (Å²) in [5.74, 6) is -3.20. The Morgan fingerprint density at radius 3 is 2.49 bits per heavy atom.